The minimum absolute atomic E-state index is 0.0159. The maximum atomic E-state index is 12.9. The largest absolute Gasteiger partial charge is 0.479 e. The van der Waals surface area contributed by atoms with Crippen LogP contribution in [0.3, 0.4) is 0 Å². The molecular weight excluding hydrogens is 552 g/mol. The third-order valence-electron chi connectivity index (χ3n) is 5.94. The number of ether oxygens (including phenoxy) is 2. The number of rotatable bonds is 10. The van der Waals surface area contributed by atoms with Gasteiger partial charge in [0.05, 0.1) is 16.4 Å². The van der Waals surface area contributed by atoms with E-state index in [1.807, 2.05) is 24.3 Å². The lowest BCUT2D eigenvalue weighted by atomic mass is 10.1. The van der Waals surface area contributed by atoms with Gasteiger partial charge >= 0.3 is 11.9 Å². The Morgan fingerprint density at radius 2 is 1.84 bits per heavy atom. The van der Waals surface area contributed by atoms with Crippen molar-refractivity contribution in [1.29, 1.82) is 0 Å². The second-order valence-corrected chi connectivity index (χ2v) is 11.9. The van der Waals surface area contributed by atoms with Crippen molar-refractivity contribution in [3.63, 3.8) is 0 Å². The van der Waals surface area contributed by atoms with Gasteiger partial charge in [-0.05, 0) is 49.6 Å². The molecule has 0 amide bonds. The highest BCUT2D eigenvalue weighted by atomic mass is 35.5. The standard InChI is InChI=1S/C26H27ClN2O7S2/c1-2-35-26(32)25-23(36-16-21(30)31)22(27)24(37-25)17-7-6-8-19(15-17)28-18-11-13-29(14-12-18)38(33,34)20-9-4-3-5-10-20/h3-10,15,18,28H,2,11-14,16H2,1H3,(H,30,31). The van der Waals surface area contributed by atoms with E-state index >= 15 is 0 Å². The Kier molecular flexibility index (Phi) is 8.93. The Morgan fingerprint density at radius 1 is 1.13 bits per heavy atom. The molecule has 9 nitrogen and oxygen atoms in total. The fourth-order valence-corrected chi connectivity index (χ4v) is 7.09. The van der Waals surface area contributed by atoms with E-state index in [2.05, 4.69) is 5.32 Å². The fraction of sp³-hybridized carbons (Fsp3) is 0.308. The maximum Gasteiger partial charge on any atom is 0.352 e. The zero-order chi connectivity index (χ0) is 27.3. The summed E-state index contributed by atoms with van der Waals surface area (Å²) in [5.41, 5.74) is 1.52. The number of carbonyl (C=O) groups excluding carboxylic acids is 1. The third-order valence-corrected chi connectivity index (χ3v) is 9.53. The van der Waals surface area contributed by atoms with Gasteiger partial charge in [0.25, 0.3) is 0 Å². The van der Waals surface area contributed by atoms with Gasteiger partial charge in [0, 0.05) is 24.8 Å². The van der Waals surface area contributed by atoms with Crippen molar-refractivity contribution in [2.24, 2.45) is 0 Å². The molecule has 0 unspecified atom stereocenters. The molecule has 1 aromatic heterocycles. The van der Waals surface area contributed by atoms with Gasteiger partial charge in [-0.15, -0.1) is 11.3 Å². The summed E-state index contributed by atoms with van der Waals surface area (Å²) >= 11 is 7.62. The Morgan fingerprint density at radius 3 is 2.50 bits per heavy atom. The van der Waals surface area contributed by atoms with Gasteiger partial charge in [0.2, 0.25) is 10.0 Å². The molecule has 1 aliphatic rings. The molecule has 2 aromatic carbocycles. The molecule has 38 heavy (non-hydrogen) atoms. The minimum atomic E-state index is -3.52. The summed E-state index contributed by atoms with van der Waals surface area (Å²) in [5.74, 6) is -1.85. The van der Waals surface area contributed by atoms with Crippen molar-refractivity contribution in [2.45, 2.75) is 30.7 Å². The van der Waals surface area contributed by atoms with E-state index in [4.69, 9.17) is 26.2 Å². The molecule has 2 N–H and O–H groups in total. The first kappa shape index (κ1) is 27.9. The zero-order valence-electron chi connectivity index (χ0n) is 20.6. The van der Waals surface area contributed by atoms with Crippen LogP contribution in [0.2, 0.25) is 5.02 Å². The molecule has 1 fully saturated rings. The van der Waals surface area contributed by atoms with E-state index in [9.17, 15) is 18.0 Å². The topological polar surface area (TPSA) is 122 Å². The zero-order valence-corrected chi connectivity index (χ0v) is 22.9. The number of piperidine rings is 1. The lowest BCUT2D eigenvalue weighted by Crippen LogP contribution is -2.42. The first-order valence-electron chi connectivity index (χ1n) is 12.0. The van der Waals surface area contributed by atoms with Crippen LogP contribution in [-0.4, -0.2) is 62.1 Å². The quantitative estimate of drug-likeness (QED) is 0.323. The number of hydrogen-bond donors (Lipinski definition) is 2. The Bertz CT molecular complexity index is 1400. The lowest BCUT2D eigenvalue weighted by molar-refractivity contribution is -0.139. The van der Waals surface area contributed by atoms with Gasteiger partial charge < -0.3 is 19.9 Å². The number of aliphatic carboxylic acids is 1. The van der Waals surface area contributed by atoms with Gasteiger partial charge in [0.1, 0.15) is 5.02 Å². The first-order chi connectivity index (χ1) is 18.2. The number of benzene rings is 2. The monoisotopic (exact) mass is 578 g/mol. The lowest BCUT2D eigenvalue weighted by Gasteiger charge is -2.32. The summed E-state index contributed by atoms with van der Waals surface area (Å²) in [4.78, 5) is 24.4. The highest BCUT2D eigenvalue weighted by Gasteiger charge is 2.30. The van der Waals surface area contributed by atoms with Gasteiger partial charge in [0.15, 0.2) is 17.2 Å². The van der Waals surface area contributed by atoms with Crippen LogP contribution >= 0.6 is 22.9 Å². The predicted molar refractivity (Wildman–Crippen MR) is 146 cm³/mol. The number of nitrogens with one attached hydrogen (secondary N) is 1. The molecule has 1 saturated heterocycles. The average molecular weight is 579 g/mol. The second-order valence-electron chi connectivity index (χ2n) is 8.52. The molecule has 0 radical (unpaired) electrons. The van der Waals surface area contributed by atoms with E-state index in [0.717, 1.165) is 17.0 Å². The average Bonchev–Trinajstić information content (AvgIpc) is 3.24. The molecule has 12 heteroatoms. The van der Waals surface area contributed by atoms with E-state index < -0.39 is 28.6 Å². The summed E-state index contributed by atoms with van der Waals surface area (Å²) < 4.78 is 37.7. The summed E-state index contributed by atoms with van der Waals surface area (Å²) in [6.45, 7) is 1.97. The molecule has 0 bridgehead atoms. The van der Waals surface area contributed by atoms with Crippen LogP contribution in [0.25, 0.3) is 10.4 Å². The SMILES string of the molecule is CCOC(=O)c1sc(-c2cccc(NC3CCN(S(=O)(=O)c4ccccc4)CC3)c2)c(Cl)c1OCC(=O)O. The number of carboxylic acids is 1. The van der Waals surface area contributed by atoms with Gasteiger partial charge in [-0.3, -0.25) is 0 Å². The van der Waals surface area contributed by atoms with E-state index in [1.54, 1.807) is 37.3 Å². The van der Waals surface area contributed by atoms with Crippen LogP contribution in [0.15, 0.2) is 59.5 Å². The van der Waals surface area contributed by atoms with Crippen LogP contribution < -0.4 is 10.1 Å². The van der Waals surface area contributed by atoms with Crippen molar-refractivity contribution in [1.82, 2.24) is 4.31 Å². The summed E-state index contributed by atoms with van der Waals surface area (Å²) in [6, 6.07) is 15.9. The van der Waals surface area contributed by atoms with E-state index in [0.29, 0.717) is 41.3 Å². The van der Waals surface area contributed by atoms with E-state index in [1.165, 1.54) is 4.31 Å². The van der Waals surface area contributed by atoms with Gasteiger partial charge in [-0.2, -0.15) is 4.31 Å². The van der Waals surface area contributed by atoms with Crippen molar-refractivity contribution in [3.8, 4) is 16.2 Å². The number of carboxylic acid groups (broad SMARTS) is 1. The number of anilines is 1. The summed E-state index contributed by atoms with van der Waals surface area (Å²) in [7, 11) is -3.52. The van der Waals surface area contributed by atoms with Crippen LogP contribution in [0.4, 0.5) is 5.69 Å². The van der Waals surface area contributed by atoms with Crippen LogP contribution in [0.5, 0.6) is 5.75 Å². The highest BCUT2D eigenvalue weighted by Crippen LogP contribution is 2.46. The van der Waals surface area contributed by atoms with Crippen molar-refractivity contribution < 1.29 is 32.6 Å². The second kappa shape index (κ2) is 12.2. The molecule has 0 spiro atoms. The Labute approximate surface area is 230 Å². The van der Waals surface area contributed by atoms with Crippen molar-refractivity contribution in [3.05, 3.63) is 64.5 Å². The molecule has 2 heterocycles. The number of halogens is 1. The number of esters is 1. The van der Waals surface area contributed by atoms with E-state index in [-0.39, 0.29) is 28.3 Å². The number of carbonyl (C=O) groups is 2. The molecule has 202 valence electrons. The van der Waals surface area contributed by atoms with Crippen molar-refractivity contribution in [2.75, 3.05) is 31.6 Å². The molecule has 0 saturated carbocycles. The number of nitrogens with zero attached hydrogens (tertiary/aromatic N) is 1. The smallest absolute Gasteiger partial charge is 0.352 e. The normalized spacial score (nSPS) is 14.7. The highest BCUT2D eigenvalue weighted by molar-refractivity contribution is 7.89. The maximum absolute atomic E-state index is 12.9. The van der Waals surface area contributed by atoms with Crippen LogP contribution in [-0.2, 0) is 19.6 Å². The molecule has 4 rings (SSSR count). The Balaban J connectivity index is 1.49. The molecule has 0 aliphatic carbocycles. The number of sulfonamides is 1. The predicted octanol–water partition coefficient (Wildman–Crippen LogP) is 4.97. The number of thiophene rings is 1. The van der Waals surface area contributed by atoms with Gasteiger partial charge in [-0.1, -0.05) is 41.9 Å². The Hall–Kier alpha value is -3.12. The molecule has 3 aromatic rings. The number of hydrogen-bond acceptors (Lipinski definition) is 8. The molecular formula is C26H27ClN2O7S2. The third kappa shape index (κ3) is 6.29. The molecule has 1 aliphatic heterocycles. The summed E-state index contributed by atoms with van der Waals surface area (Å²) in [5, 5.41) is 12.6. The van der Waals surface area contributed by atoms with Crippen LogP contribution in [0, 0.1) is 0 Å². The summed E-state index contributed by atoms with van der Waals surface area (Å²) in [6.07, 6.45) is 1.27. The fourth-order valence-electron chi connectivity index (χ4n) is 4.14. The van der Waals surface area contributed by atoms with Crippen molar-refractivity contribution >= 4 is 50.6 Å². The minimum Gasteiger partial charge on any atom is -0.479 e. The molecule has 0 atom stereocenters. The van der Waals surface area contributed by atoms with Crippen LogP contribution in [0.1, 0.15) is 29.4 Å². The van der Waals surface area contributed by atoms with Gasteiger partial charge in [-0.25, -0.2) is 18.0 Å². The first-order valence-corrected chi connectivity index (χ1v) is 14.6.